The van der Waals surface area contributed by atoms with Crippen LogP contribution in [-0.2, 0) is 23.9 Å². The second-order valence-corrected chi connectivity index (χ2v) is 8.62. The minimum atomic E-state index is -1.28. The van der Waals surface area contributed by atoms with Crippen LogP contribution in [0.3, 0.4) is 0 Å². The predicted octanol–water partition coefficient (Wildman–Crippen LogP) is 3.38. The SMILES string of the molecule is CCCCC/C=C/C1=C(CO)C(=O)[C@H]2O[C@@]2(C/C=C(\C)C(=O)OC(C)(C)C)C1=O. The molecule has 2 atom stereocenters. The zero-order chi connectivity index (χ0) is 21.8. The number of epoxide rings is 1. The lowest BCUT2D eigenvalue weighted by Crippen LogP contribution is -2.38. The normalized spacial score (nSPS) is 24.9. The summed E-state index contributed by atoms with van der Waals surface area (Å²) in [6.07, 6.45) is 8.29. The van der Waals surface area contributed by atoms with Crippen molar-refractivity contribution in [2.75, 3.05) is 6.61 Å². The molecule has 0 spiro atoms. The standard InChI is InChI=1S/C23H32O6/c1-6-7-8-9-10-11-16-17(14-24)18(25)20-23(28-20,19(16)26)13-12-15(2)21(27)29-22(3,4)5/h10-12,20,24H,6-9,13-14H2,1-5H3/b11-10+,15-12+/t20-,23+/m1/s1. The summed E-state index contributed by atoms with van der Waals surface area (Å²) in [5, 5.41) is 9.62. The van der Waals surface area contributed by atoms with Crippen LogP contribution in [0.25, 0.3) is 0 Å². The molecule has 2 rings (SSSR count). The topological polar surface area (TPSA) is 93.2 Å². The van der Waals surface area contributed by atoms with Crippen molar-refractivity contribution in [3.8, 4) is 0 Å². The molecule has 1 saturated heterocycles. The predicted molar refractivity (Wildman–Crippen MR) is 109 cm³/mol. The highest BCUT2D eigenvalue weighted by atomic mass is 16.6. The van der Waals surface area contributed by atoms with Crippen molar-refractivity contribution in [2.45, 2.75) is 84.0 Å². The molecule has 0 radical (unpaired) electrons. The molecule has 0 amide bonds. The maximum Gasteiger partial charge on any atom is 0.333 e. The minimum Gasteiger partial charge on any atom is -0.457 e. The molecule has 0 bridgehead atoms. The third-order valence-corrected chi connectivity index (χ3v) is 5.03. The summed E-state index contributed by atoms with van der Waals surface area (Å²) in [7, 11) is 0. The fourth-order valence-corrected chi connectivity index (χ4v) is 3.32. The summed E-state index contributed by atoms with van der Waals surface area (Å²) in [6, 6.07) is 0. The number of fused-ring (bicyclic) bond motifs is 1. The fraction of sp³-hybridized carbons (Fsp3) is 0.609. The van der Waals surface area contributed by atoms with Gasteiger partial charge in [0, 0.05) is 23.1 Å². The van der Waals surface area contributed by atoms with Crippen LogP contribution in [0, 0.1) is 0 Å². The van der Waals surface area contributed by atoms with Gasteiger partial charge in [-0.05, 0) is 40.5 Å². The number of Topliss-reactive ketones (excluding diaryl/α,β-unsaturated/α-hetero) is 2. The van der Waals surface area contributed by atoms with Crippen LogP contribution in [0.4, 0.5) is 0 Å². The molecular formula is C23H32O6. The van der Waals surface area contributed by atoms with Gasteiger partial charge in [-0.25, -0.2) is 4.79 Å². The van der Waals surface area contributed by atoms with Crippen LogP contribution >= 0.6 is 0 Å². The Balaban J connectivity index is 2.18. The van der Waals surface area contributed by atoms with E-state index in [4.69, 9.17) is 9.47 Å². The molecule has 2 aliphatic rings. The molecule has 160 valence electrons. The van der Waals surface area contributed by atoms with Crippen LogP contribution in [0.5, 0.6) is 0 Å². The number of unbranched alkanes of at least 4 members (excludes halogenated alkanes) is 3. The molecular weight excluding hydrogens is 372 g/mol. The zero-order valence-electron chi connectivity index (χ0n) is 18.0. The molecule has 6 heteroatoms. The third-order valence-electron chi connectivity index (χ3n) is 5.03. The Morgan fingerprint density at radius 2 is 1.97 bits per heavy atom. The number of rotatable bonds is 9. The van der Waals surface area contributed by atoms with Gasteiger partial charge in [-0.15, -0.1) is 0 Å². The van der Waals surface area contributed by atoms with Crippen molar-refractivity contribution in [2.24, 2.45) is 0 Å². The number of carbonyl (C=O) groups excluding carboxylic acids is 3. The number of aliphatic hydroxyl groups excluding tert-OH is 1. The number of ether oxygens (including phenoxy) is 2. The molecule has 1 aliphatic heterocycles. The first-order chi connectivity index (χ1) is 13.6. The van der Waals surface area contributed by atoms with E-state index < -0.39 is 29.9 Å². The van der Waals surface area contributed by atoms with Crippen LogP contribution < -0.4 is 0 Å². The van der Waals surface area contributed by atoms with Gasteiger partial charge in [-0.2, -0.15) is 0 Å². The zero-order valence-corrected chi connectivity index (χ0v) is 18.0. The van der Waals surface area contributed by atoms with Crippen LogP contribution in [0.15, 0.2) is 34.9 Å². The lowest BCUT2D eigenvalue weighted by molar-refractivity contribution is -0.149. The van der Waals surface area contributed by atoms with Gasteiger partial charge >= 0.3 is 5.97 Å². The Morgan fingerprint density at radius 3 is 2.55 bits per heavy atom. The Morgan fingerprint density at radius 1 is 1.28 bits per heavy atom. The Bertz CT molecular complexity index is 765. The van der Waals surface area contributed by atoms with E-state index in [0.29, 0.717) is 5.57 Å². The summed E-state index contributed by atoms with van der Waals surface area (Å²) in [6.45, 7) is 8.56. The number of aliphatic hydroxyl groups is 1. The molecule has 0 aromatic heterocycles. The second kappa shape index (κ2) is 9.18. The van der Waals surface area contributed by atoms with Gasteiger partial charge in [-0.3, -0.25) is 9.59 Å². The van der Waals surface area contributed by atoms with Gasteiger partial charge in [-0.1, -0.05) is 38.0 Å². The molecule has 0 saturated carbocycles. The minimum absolute atomic E-state index is 0.104. The van der Waals surface area contributed by atoms with Gasteiger partial charge in [0.1, 0.15) is 5.60 Å². The van der Waals surface area contributed by atoms with Gasteiger partial charge in [0.05, 0.1) is 6.61 Å². The number of hydrogen-bond acceptors (Lipinski definition) is 6. The number of hydrogen-bond donors (Lipinski definition) is 1. The lowest BCUT2D eigenvalue weighted by atomic mass is 9.79. The van der Waals surface area contributed by atoms with E-state index in [1.54, 1.807) is 39.8 Å². The number of allylic oxidation sites excluding steroid dienone is 2. The van der Waals surface area contributed by atoms with E-state index in [0.717, 1.165) is 25.7 Å². The smallest absolute Gasteiger partial charge is 0.333 e. The summed E-state index contributed by atoms with van der Waals surface area (Å²) in [4.78, 5) is 37.9. The molecule has 1 aliphatic carbocycles. The van der Waals surface area contributed by atoms with E-state index in [-0.39, 0.29) is 29.1 Å². The van der Waals surface area contributed by atoms with E-state index in [9.17, 15) is 19.5 Å². The van der Waals surface area contributed by atoms with Crippen molar-refractivity contribution in [1.29, 1.82) is 0 Å². The molecule has 1 fully saturated rings. The quantitative estimate of drug-likeness (QED) is 0.274. The molecule has 1 heterocycles. The number of esters is 1. The monoisotopic (exact) mass is 404 g/mol. The van der Waals surface area contributed by atoms with Gasteiger partial charge in [0.2, 0.25) is 0 Å². The molecule has 0 aromatic rings. The van der Waals surface area contributed by atoms with Crippen LogP contribution in [-0.4, -0.2) is 46.6 Å². The fourth-order valence-electron chi connectivity index (χ4n) is 3.32. The van der Waals surface area contributed by atoms with E-state index >= 15 is 0 Å². The van der Waals surface area contributed by atoms with E-state index in [2.05, 4.69) is 6.92 Å². The Hall–Kier alpha value is -2.05. The average molecular weight is 405 g/mol. The van der Waals surface area contributed by atoms with Crippen LogP contribution in [0.1, 0.15) is 66.7 Å². The summed E-state index contributed by atoms with van der Waals surface area (Å²) < 4.78 is 10.9. The van der Waals surface area contributed by atoms with Crippen molar-refractivity contribution < 1.29 is 29.0 Å². The first kappa shape index (κ1) is 23.2. The van der Waals surface area contributed by atoms with Crippen molar-refractivity contribution in [1.82, 2.24) is 0 Å². The average Bonchev–Trinajstić information content (AvgIpc) is 3.38. The highest BCUT2D eigenvalue weighted by Crippen LogP contribution is 2.48. The Labute approximate surface area is 172 Å². The highest BCUT2D eigenvalue weighted by Gasteiger charge is 2.68. The largest absolute Gasteiger partial charge is 0.457 e. The number of carbonyl (C=O) groups is 3. The summed E-state index contributed by atoms with van der Waals surface area (Å²) >= 11 is 0. The van der Waals surface area contributed by atoms with Gasteiger partial charge in [0.15, 0.2) is 23.3 Å². The first-order valence-corrected chi connectivity index (χ1v) is 10.2. The molecule has 0 unspecified atom stereocenters. The highest BCUT2D eigenvalue weighted by molar-refractivity contribution is 6.22. The van der Waals surface area contributed by atoms with E-state index in [1.807, 2.05) is 6.08 Å². The molecule has 6 nitrogen and oxygen atoms in total. The first-order valence-electron chi connectivity index (χ1n) is 10.2. The molecule has 0 aromatic carbocycles. The van der Waals surface area contributed by atoms with Gasteiger partial charge < -0.3 is 14.6 Å². The summed E-state index contributed by atoms with van der Waals surface area (Å²) in [5.74, 6) is -1.14. The lowest BCUT2D eigenvalue weighted by Gasteiger charge is -2.20. The molecule has 29 heavy (non-hydrogen) atoms. The van der Waals surface area contributed by atoms with Crippen LogP contribution in [0.2, 0.25) is 0 Å². The maximum atomic E-state index is 13.1. The van der Waals surface area contributed by atoms with Crippen molar-refractivity contribution in [3.63, 3.8) is 0 Å². The molecule has 1 N–H and O–H groups in total. The maximum absolute atomic E-state index is 13.1. The van der Waals surface area contributed by atoms with Crippen molar-refractivity contribution >= 4 is 17.5 Å². The van der Waals surface area contributed by atoms with Crippen molar-refractivity contribution in [3.05, 3.63) is 34.9 Å². The third kappa shape index (κ3) is 5.31. The number of ketones is 2. The summed E-state index contributed by atoms with van der Waals surface area (Å²) in [5.41, 5.74) is -1.22. The van der Waals surface area contributed by atoms with E-state index in [1.165, 1.54) is 0 Å². The van der Waals surface area contributed by atoms with Gasteiger partial charge in [0.25, 0.3) is 0 Å². The second-order valence-electron chi connectivity index (χ2n) is 8.62. The Kier molecular flexibility index (Phi) is 7.35.